The number of hydrogen-bond donors (Lipinski definition) is 1. The van der Waals surface area contributed by atoms with E-state index in [2.05, 4.69) is 0 Å². The van der Waals surface area contributed by atoms with Crippen LogP contribution in [0, 0.1) is 0 Å². The molecule has 0 saturated heterocycles. The van der Waals surface area contributed by atoms with Crippen molar-refractivity contribution in [3.63, 3.8) is 0 Å². The highest BCUT2D eigenvalue weighted by atomic mass is 16.6. The molecule has 1 aromatic carbocycles. The van der Waals surface area contributed by atoms with Gasteiger partial charge in [0.2, 0.25) is 0 Å². The third-order valence-corrected chi connectivity index (χ3v) is 2.68. The number of rotatable bonds is 2. The number of nitrogens with two attached hydrogens (primary N) is 1. The number of carbonyl (C=O) groups is 1. The minimum Gasteiger partial charge on any atom is -0.444 e. The highest BCUT2D eigenvalue weighted by molar-refractivity contribution is 5.68. The van der Waals surface area contributed by atoms with Gasteiger partial charge in [-0.1, -0.05) is 12.1 Å². The van der Waals surface area contributed by atoms with Gasteiger partial charge in [0.25, 0.3) is 0 Å². The maximum Gasteiger partial charge on any atom is 0.410 e. The highest BCUT2D eigenvalue weighted by Crippen LogP contribution is 2.21. The van der Waals surface area contributed by atoms with Gasteiger partial charge < -0.3 is 15.4 Å². The van der Waals surface area contributed by atoms with Crippen molar-refractivity contribution >= 4 is 11.8 Å². The molecule has 0 aromatic heterocycles. The molecule has 4 nitrogen and oxygen atoms in total. The normalized spacial score (nSPS) is 12.9. The standard InChI is InChI=1S/C14H22N2O2/c1-10(11-6-8-12(15)9-7-11)16(5)13(17)18-14(2,3)4/h6-10H,15H2,1-5H3. The smallest absolute Gasteiger partial charge is 0.410 e. The monoisotopic (exact) mass is 250 g/mol. The van der Waals surface area contributed by atoms with E-state index in [0.29, 0.717) is 5.69 Å². The lowest BCUT2D eigenvalue weighted by Crippen LogP contribution is -2.35. The third kappa shape index (κ3) is 3.95. The van der Waals surface area contributed by atoms with Crippen LogP contribution < -0.4 is 5.73 Å². The van der Waals surface area contributed by atoms with Gasteiger partial charge in [-0.2, -0.15) is 0 Å². The average Bonchev–Trinajstić information content (AvgIpc) is 2.26. The quantitative estimate of drug-likeness (QED) is 0.820. The Hall–Kier alpha value is -1.71. The zero-order valence-corrected chi connectivity index (χ0v) is 11.7. The first-order valence-corrected chi connectivity index (χ1v) is 6.02. The van der Waals surface area contributed by atoms with Gasteiger partial charge in [-0.15, -0.1) is 0 Å². The lowest BCUT2D eigenvalue weighted by atomic mass is 10.1. The van der Waals surface area contributed by atoms with E-state index in [9.17, 15) is 4.79 Å². The maximum atomic E-state index is 11.9. The Morgan fingerprint density at radius 3 is 2.22 bits per heavy atom. The van der Waals surface area contributed by atoms with Gasteiger partial charge in [-0.25, -0.2) is 4.79 Å². The number of benzene rings is 1. The summed E-state index contributed by atoms with van der Waals surface area (Å²) in [7, 11) is 1.73. The molecule has 18 heavy (non-hydrogen) atoms. The lowest BCUT2D eigenvalue weighted by molar-refractivity contribution is 0.0234. The van der Waals surface area contributed by atoms with Crippen LogP contribution in [-0.2, 0) is 4.74 Å². The average molecular weight is 250 g/mol. The summed E-state index contributed by atoms with van der Waals surface area (Å²) in [4.78, 5) is 13.5. The van der Waals surface area contributed by atoms with E-state index >= 15 is 0 Å². The Bertz CT molecular complexity index is 407. The predicted octanol–water partition coefficient (Wildman–Crippen LogP) is 3.20. The summed E-state index contributed by atoms with van der Waals surface area (Å²) in [5.74, 6) is 0. The minimum absolute atomic E-state index is 0.0551. The second-order valence-electron chi connectivity index (χ2n) is 5.43. The van der Waals surface area contributed by atoms with Crippen LogP contribution in [0.15, 0.2) is 24.3 Å². The van der Waals surface area contributed by atoms with Gasteiger partial charge in [0.1, 0.15) is 5.60 Å². The Balaban J connectivity index is 2.74. The van der Waals surface area contributed by atoms with E-state index in [-0.39, 0.29) is 12.1 Å². The molecule has 1 aromatic rings. The molecular weight excluding hydrogens is 228 g/mol. The van der Waals surface area contributed by atoms with Crippen LogP contribution in [0.1, 0.15) is 39.3 Å². The topological polar surface area (TPSA) is 55.6 Å². The Morgan fingerprint density at radius 1 is 1.28 bits per heavy atom. The zero-order valence-electron chi connectivity index (χ0n) is 11.7. The number of nitrogens with zero attached hydrogens (tertiary/aromatic N) is 1. The molecule has 1 amide bonds. The molecule has 4 heteroatoms. The molecule has 1 atom stereocenters. The van der Waals surface area contributed by atoms with Crippen LogP contribution in [0.5, 0.6) is 0 Å². The Morgan fingerprint density at radius 2 is 1.78 bits per heavy atom. The van der Waals surface area contributed by atoms with Crippen LogP contribution in [0.4, 0.5) is 10.5 Å². The largest absolute Gasteiger partial charge is 0.444 e. The van der Waals surface area contributed by atoms with Gasteiger partial charge in [0, 0.05) is 12.7 Å². The molecule has 0 saturated carbocycles. The second-order valence-corrected chi connectivity index (χ2v) is 5.43. The summed E-state index contributed by atoms with van der Waals surface area (Å²) in [6.07, 6.45) is -0.327. The van der Waals surface area contributed by atoms with Crippen LogP contribution >= 0.6 is 0 Å². The number of anilines is 1. The highest BCUT2D eigenvalue weighted by Gasteiger charge is 2.23. The Labute approximate surface area is 109 Å². The van der Waals surface area contributed by atoms with Gasteiger partial charge >= 0.3 is 6.09 Å². The van der Waals surface area contributed by atoms with Crippen molar-refractivity contribution in [3.8, 4) is 0 Å². The first-order valence-electron chi connectivity index (χ1n) is 6.02. The fraction of sp³-hybridized carbons (Fsp3) is 0.500. The molecule has 0 aliphatic heterocycles. The van der Waals surface area contributed by atoms with E-state index in [1.807, 2.05) is 52.0 Å². The molecule has 0 aliphatic rings. The zero-order chi connectivity index (χ0) is 13.9. The van der Waals surface area contributed by atoms with E-state index < -0.39 is 5.60 Å². The van der Waals surface area contributed by atoms with Crippen LogP contribution in [0.25, 0.3) is 0 Å². The van der Waals surface area contributed by atoms with Crippen molar-refractivity contribution in [2.24, 2.45) is 0 Å². The SMILES string of the molecule is CC(c1ccc(N)cc1)N(C)C(=O)OC(C)(C)C. The molecule has 100 valence electrons. The van der Waals surface area contributed by atoms with E-state index in [0.717, 1.165) is 5.56 Å². The molecule has 0 radical (unpaired) electrons. The Kier molecular flexibility index (Phi) is 4.22. The predicted molar refractivity (Wildman–Crippen MR) is 73.3 cm³/mol. The molecular formula is C14H22N2O2. The van der Waals surface area contributed by atoms with Crippen molar-refractivity contribution in [1.29, 1.82) is 0 Å². The molecule has 2 N–H and O–H groups in total. The van der Waals surface area contributed by atoms with Crippen LogP contribution in [0.2, 0.25) is 0 Å². The molecule has 0 heterocycles. The number of nitrogen functional groups attached to an aromatic ring is 1. The fourth-order valence-electron chi connectivity index (χ4n) is 1.49. The van der Waals surface area contributed by atoms with Gasteiger partial charge in [0.05, 0.1) is 6.04 Å². The summed E-state index contributed by atoms with van der Waals surface area (Å²) in [5.41, 5.74) is 6.90. The maximum absolute atomic E-state index is 11.9. The van der Waals surface area contributed by atoms with Crippen LogP contribution in [-0.4, -0.2) is 23.6 Å². The summed E-state index contributed by atoms with van der Waals surface area (Å²) in [6, 6.07) is 7.44. The van der Waals surface area contributed by atoms with Gasteiger partial charge in [0.15, 0.2) is 0 Å². The summed E-state index contributed by atoms with van der Waals surface area (Å²) in [6.45, 7) is 7.52. The first-order chi connectivity index (χ1) is 8.20. The number of carbonyl (C=O) groups excluding carboxylic acids is 1. The van der Waals surface area contributed by atoms with Crippen molar-refractivity contribution in [2.75, 3.05) is 12.8 Å². The van der Waals surface area contributed by atoms with Crippen molar-refractivity contribution < 1.29 is 9.53 Å². The lowest BCUT2D eigenvalue weighted by Gasteiger charge is -2.29. The molecule has 0 aliphatic carbocycles. The minimum atomic E-state index is -0.480. The van der Waals surface area contributed by atoms with Gasteiger partial charge in [-0.05, 0) is 45.4 Å². The van der Waals surface area contributed by atoms with E-state index in [4.69, 9.17) is 10.5 Å². The van der Waals surface area contributed by atoms with Gasteiger partial charge in [-0.3, -0.25) is 0 Å². The molecule has 1 rings (SSSR count). The van der Waals surface area contributed by atoms with Crippen molar-refractivity contribution in [2.45, 2.75) is 39.3 Å². The summed E-state index contributed by atoms with van der Waals surface area (Å²) >= 11 is 0. The summed E-state index contributed by atoms with van der Waals surface area (Å²) < 4.78 is 5.33. The van der Waals surface area contributed by atoms with Crippen molar-refractivity contribution in [3.05, 3.63) is 29.8 Å². The molecule has 1 unspecified atom stereocenters. The number of ether oxygens (including phenoxy) is 1. The third-order valence-electron chi connectivity index (χ3n) is 2.68. The number of amides is 1. The van der Waals surface area contributed by atoms with Crippen LogP contribution in [0.3, 0.4) is 0 Å². The molecule has 0 fully saturated rings. The van der Waals surface area contributed by atoms with Crippen molar-refractivity contribution in [1.82, 2.24) is 4.90 Å². The second kappa shape index (κ2) is 5.29. The van der Waals surface area contributed by atoms with E-state index in [1.54, 1.807) is 11.9 Å². The fourth-order valence-corrected chi connectivity index (χ4v) is 1.49. The number of hydrogen-bond acceptors (Lipinski definition) is 3. The first kappa shape index (κ1) is 14.4. The van der Waals surface area contributed by atoms with E-state index in [1.165, 1.54) is 0 Å². The summed E-state index contributed by atoms with van der Waals surface area (Å²) in [5, 5.41) is 0. The molecule has 0 bridgehead atoms. The molecule has 0 spiro atoms.